The first-order chi connectivity index (χ1) is 12.6. The van der Waals surface area contributed by atoms with Crippen molar-refractivity contribution in [1.82, 2.24) is 10.5 Å². The number of hydrogen-bond acceptors (Lipinski definition) is 5. The van der Waals surface area contributed by atoms with Crippen LogP contribution in [-0.4, -0.2) is 29.2 Å². The fourth-order valence-electron chi connectivity index (χ4n) is 2.52. The molecule has 0 saturated carbocycles. The van der Waals surface area contributed by atoms with Crippen molar-refractivity contribution in [2.45, 2.75) is 6.42 Å². The van der Waals surface area contributed by atoms with Crippen molar-refractivity contribution in [2.24, 2.45) is 0 Å². The van der Waals surface area contributed by atoms with Crippen molar-refractivity contribution in [3.63, 3.8) is 0 Å². The fraction of sp³-hybridized carbons (Fsp3) is 0.158. The number of nitrogens with one attached hydrogen (secondary N) is 1. The molecule has 0 bridgehead atoms. The van der Waals surface area contributed by atoms with Crippen LogP contribution in [-0.2, 0) is 11.3 Å². The van der Waals surface area contributed by atoms with Crippen molar-refractivity contribution in [1.29, 1.82) is 0 Å². The van der Waals surface area contributed by atoms with Crippen LogP contribution in [0.25, 0.3) is 10.2 Å². The SMILES string of the molecule is C#Cc1ccc(Cc2sc3ncccc3c2C(=O)NOCCO)c(F)c1. The standard InChI is InChI=1S/C19H15FN2O3S/c1-2-12-5-6-13(15(20)10-12)11-16-17(18(24)22-25-9-8-23)14-4-3-7-21-19(14)26-16/h1,3-7,10,23H,8-9,11H2,(H,22,24). The van der Waals surface area contributed by atoms with E-state index in [1.807, 2.05) is 0 Å². The van der Waals surface area contributed by atoms with E-state index < -0.39 is 11.7 Å². The number of benzene rings is 1. The largest absolute Gasteiger partial charge is 0.394 e. The number of terminal acetylenes is 1. The van der Waals surface area contributed by atoms with Crippen LogP contribution >= 0.6 is 11.3 Å². The van der Waals surface area contributed by atoms with Crippen molar-refractivity contribution in [3.05, 3.63) is 63.9 Å². The van der Waals surface area contributed by atoms with Gasteiger partial charge in [-0.1, -0.05) is 12.0 Å². The Hall–Kier alpha value is -2.79. The molecule has 1 amide bonds. The summed E-state index contributed by atoms with van der Waals surface area (Å²) in [6.07, 6.45) is 7.14. The van der Waals surface area contributed by atoms with E-state index in [1.54, 1.807) is 30.5 Å². The lowest BCUT2D eigenvalue weighted by atomic mass is 10.0. The van der Waals surface area contributed by atoms with Gasteiger partial charge in [-0.3, -0.25) is 9.63 Å². The lowest BCUT2D eigenvalue weighted by Gasteiger charge is -2.07. The minimum atomic E-state index is -0.464. The maximum absolute atomic E-state index is 14.3. The van der Waals surface area contributed by atoms with Gasteiger partial charge in [0, 0.05) is 28.4 Å². The molecule has 0 fully saturated rings. The molecule has 5 nitrogen and oxygen atoms in total. The Labute approximate surface area is 153 Å². The maximum atomic E-state index is 14.3. The molecule has 0 saturated heterocycles. The van der Waals surface area contributed by atoms with E-state index in [4.69, 9.17) is 16.4 Å². The predicted molar refractivity (Wildman–Crippen MR) is 97.3 cm³/mol. The molecule has 0 radical (unpaired) electrons. The molecule has 3 aromatic rings. The molecule has 3 rings (SSSR count). The first kappa shape index (κ1) is 18.0. The van der Waals surface area contributed by atoms with E-state index in [1.165, 1.54) is 17.4 Å². The molecular weight excluding hydrogens is 355 g/mol. The number of aliphatic hydroxyl groups is 1. The third-order valence-corrected chi connectivity index (χ3v) is 4.81. The van der Waals surface area contributed by atoms with Crippen LogP contribution in [0.3, 0.4) is 0 Å². The highest BCUT2D eigenvalue weighted by molar-refractivity contribution is 7.19. The number of fused-ring (bicyclic) bond motifs is 1. The van der Waals surface area contributed by atoms with E-state index in [-0.39, 0.29) is 19.6 Å². The average molecular weight is 370 g/mol. The number of carbonyl (C=O) groups excluding carboxylic acids is 1. The molecular formula is C19H15FN2O3S. The number of carbonyl (C=O) groups is 1. The number of amides is 1. The number of pyridine rings is 1. The van der Waals surface area contributed by atoms with E-state index >= 15 is 0 Å². The molecule has 2 aromatic heterocycles. The minimum absolute atomic E-state index is 0.0242. The number of aromatic nitrogens is 1. The Kier molecular flexibility index (Phi) is 5.58. The second-order valence-electron chi connectivity index (χ2n) is 5.39. The van der Waals surface area contributed by atoms with Gasteiger partial charge in [0.15, 0.2) is 0 Å². The highest BCUT2D eigenvalue weighted by Gasteiger charge is 2.21. The maximum Gasteiger partial charge on any atom is 0.276 e. The third kappa shape index (κ3) is 3.73. The molecule has 0 atom stereocenters. The van der Waals surface area contributed by atoms with Gasteiger partial charge in [-0.05, 0) is 29.8 Å². The van der Waals surface area contributed by atoms with Crippen molar-refractivity contribution < 1.29 is 19.1 Å². The van der Waals surface area contributed by atoms with E-state index in [2.05, 4.69) is 16.4 Å². The number of aliphatic hydroxyl groups excluding tert-OH is 1. The number of thiophene rings is 1. The summed E-state index contributed by atoms with van der Waals surface area (Å²) in [6, 6.07) is 8.08. The molecule has 7 heteroatoms. The summed E-state index contributed by atoms with van der Waals surface area (Å²) in [5.41, 5.74) is 3.57. The molecule has 26 heavy (non-hydrogen) atoms. The van der Waals surface area contributed by atoms with Crippen LogP contribution in [0.4, 0.5) is 4.39 Å². The van der Waals surface area contributed by atoms with Gasteiger partial charge in [-0.25, -0.2) is 14.9 Å². The van der Waals surface area contributed by atoms with Gasteiger partial charge in [0.1, 0.15) is 10.6 Å². The molecule has 0 aliphatic heterocycles. The lowest BCUT2D eigenvalue weighted by Crippen LogP contribution is -2.25. The summed E-state index contributed by atoms with van der Waals surface area (Å²) in [5.74, 6) is 1.50. The van der Waals surface area contributed by atoms with Crippen LogP contribution in [0.5, 0.6) is 0 Å². The highest BCUT2D eigenvalue weighted by atomic mass is 32.1. The Morgan fingerprint density at radius 2 is 2.27 bits per heavy atom. The monoisotopic (exact) mass is 370 g/mol. The van der Waals surface area contributed by atoms with Crippen LogP contribution < -0.4 is 5.48 Å². The van der Waals surface area contributed by atoms with Gasteiger partial charge in [0.25, 0.3) is 5.91 Å². The summed E-state index contributed by atoms with van der Waals surface area (Å²) in [5, 5.41) is 9.43. The van der Waals surface area contributed by atoms with Gasteiger partial charge in [0.2, 0.25) is 0 Å². The summed E-state index contributed by atoms with van der Waals surface area (Å²) >= 11 is 1.32. The number of hydrogen-bond donors (Lipinski definition) is 2. The van der Waals surface area contributed by atoms with Gasteiger partial charge < -0.3 is 5.11 Å². The third-order valence-electron chi connectivity index (χ3n) is 3.70. The second-order valence-corrected chi connectivity index (χ2v) is 6.47. The fourth-order valence-corrected chi connectivity index (χ4v) is 3.68. The molecule has 2 N–H and O–H groups in total. The minimum Gasteiger partial charge on any atom is -0.394 e. The van der Waals surface area contributed by atoms with Crippen LogP contribution in [0, 0.1) is 18.2 Å². The molecule has 2 heterocycles. The molecule has 132 valence electrons. The molecule has 0 aliphatic carbocycles. The molecule has 0 spiro atoms. The van der Waals surface area contributed by atoms with Crippen molar-refractivity contribution in [3.8, 4) is 12.3 Å². The summed E-state index contributed by atoms with van der Waals surface area (Å²) in [7, 11) is 0. The van der Waals surface area contributed by atoms with Crippen LogP contribution in [0.15, 0.2) is 36.5 Å². The van der Waals surface area contributed by atoms with Gasteiger partial charge >= 0.3 is 0 Å². The van der Waals surface area contributed by atoms with Crippen LogP contribution in [0.2, 0.25) is 0 Å². The number of rotatable bonds is 6. The van der Waals surface area contributed by atoms with E-state index in [0.717, 1.165) is 0 Å². The molecule has 0 unspecified atom stereocenters. The van der Waals surface area contributed by atoms with Gasteiger partial charge in [0.05, 0.1) is 18.8 Å². The number of hydroxylamine groups is 1. The Bertz CT molecular complexity index is 994. The summed E-state index contributed by atoms with van der Waals surface area (Å²) in [4.78, 5) is 23.1. The number of nitrogens with zero attached hydrogens (tertiary/aromatic N) is 1. The topological polar surface area (TPSA) is 71.5 Å². The zero-order valence-corrected chi connectivity index (χ0v) is 14.5. The first-order valence-electron chi connectivity index (χ1n) is 7.78. The highest BCUT2D eigenvalue weighted by Crippen LogP contribution is 2.32. The molecule has 1 aromatic carbocycles. The zero-order valence-electron chi connectivity index (χ0n) is 13.7. The van der Waals surface area contributed by atoms with E-state index in [0.29, 0.717) is 31.8 Å². The predicted octanol–water partition coefficient (Wildman–Crippen LogP) is 2.66. The Morgan fingerprint density at radius 1 is 1.42 bits per heavy atom. The van der Waals surface area contributed by atoms with Gasteiger partial charge in [-0.2, -0.15) is 0 Å². The van der Waals surface area contributed by atoms with Crippen LogP contribution in [0.1, 0.15) is 26.4 Å². The van der Waals surface area contributed by atoms with E-state index in [9.17, 15) is 9.18 Å². The van der Waals surface area contributed by atoms with Gasteiger partial charge in [-0.15, -0.1) is 17.8 Å². The summed E-state index contributed by atoms with van der Waals surface area (Å²) in [6.45, 7) is -0.241. The zero-order chi connectivity index (χ0) is 18.5. The van der Waals surface area contributed by atoms with Crippen molar-refractivity contribution >= 4 is 27.5 Å². The Balaban J connectivity index is 1.98. The quantitative estimate of drug-likeness (QED) is 0.398. The first-order valence-corrected chi connectivity index (χ1v) is 8.60. The average Bonchev–Trinajstić information content (AvgIpc) is 3.01. The summed E-state index contributed by atoms with van der Waals surface area (Å²) < 4.78 is 14.3. The number of halogens is 1. The second kappa shape index (κ2) is 8.06. The smallest absolute Gasteiger partial charge is 0.276 e. The van der Waals surface area contributed by atoms with Crippen molar-refractivity contribution in [2.75, 3.05) is 13.2 Å². The Morgan fingerprint density at radius 3 is 3.00 bits per heavy atom. The normalized spacial score (nSPS) is 10.7. The molecule has 0 aliphatic rings. The lowest BCUT2D eigenvalue weighted by molar-refractivity contribution is 0.0169.